The third kappa shape index (κ3) is 2.54. The average Bonchev–Trinajstić information content (AvgIpc) is 2.53. The minimum atomic E-state index is 0.635. The summed E-state index contributed by atoms with van der Waals surface area (Å²) in [4.78, 5) is 10.6. The minimum Gasteiger partial charge on any atom is -0.373 e. The molecule has 1 N–H and O–H groups in total. The Morgan fingerprint density at radius 3 is 2.80 bits per heavy atom. The molecule has 0 bridgehead atoms. The molecule has 0 aliphatic carbocycles. The van der Waals surface area contributed by atoms with Crippen molar-refractivity contribution in [1.82, 2.24) is 9.97 Å². The van der Waals surface area contributed by atoms with Crippen molar-refractivity contribution in [3.8, 4) is 6.07 Å². The lowest BCUT2D eigenvalue weighted by atomic mass is 10.1. The normalized spacial score (nSPS) is 9.90. The van der Waals surface area contributed by atoms with E-state index < -0.39 is 0 Å². The van der Waals surface area contributed by atoms with Gasteiger partial charge in [-0.1, -0.05) is 13.0 Å². The van der Waals surface area contributed by atoms with E-state index in [9.17, 15) is 0 Å². The van der Waals surface area contributed by atoms with E-state index in [1.54, 1.807) is 12.4 Å². The van der Waals surface area contributed by atoms with Crippen LogP contribution in [0, 0.1) is 11.3 Å². The molecule has 0 aliphatic rings. The highest BCUT2D eigenvalue weighted by Gasteiger charge is 2.14. The SMILES string of the molecule is CCc1c(NC)ncnc1N(C)c1cccc(C#N)c1. The Bertz CT molecular complexity index is 645. The topological polar surface area (TPSA) is 64.8 Å². The monoisotopic (exact) mass is 267 g/mol. The number of hydrogen-bond acceptors (Lipinski definition) is 5. The second-order valence-electron chi connectivity index (χ2n) is 4.35. The molecule has 0 atom stereocenters. The van der Waals surface area contributed by atoms with Crippen molar-refractivity contribution >= 4 is 17.3 Å². The molecular formula is C15H17N5. The first-order valence-electron chi connectivity index (χ1n) is 6.46. The molecule has 102 valence electrons. The van der Waals surface area contributed by atoms with Gasteiger partial charge < -0.3 is 10.2 Å². The third-order valence-electron chi connectivity index (χ3n) is 3.19. The molecule has 20 heavy (non-hydrogen) atoms. The molecule has 0 aliphatic heterocycles. The molecule has 2 rings (SSSR count). The fourth-order valence-corrected chi connectivity index (χ4v) is 2.14. The predicted molar refractivity (Wildman–Crippen MR) is 80.2 cm³/mol. The Morgan fingerprint density at radius 2 is 2.15 bits per heavy atom. The maximum Gasteiger partial charge on any atom is 0.141 e. The second kappa shape index (κ2) is 6.02. The number of rotatable bonds is 4. The molecule has 0 saturated heterocycles. The van der Waals surface area contributed by atoms with E-state index in [2.05, 4.69) is 28.3 Å². The molecule has 1 aromatic carbocycles. The lowest BCUT2D eigenvalue weighted by Gasteiger charge is -2.22. The van der Waals surface area contributed by atoms with Gasteiger partial charge in [0.05, 0.1) is 11.6 Å². The number of aromatic nitrogens is 2. The standard InChI is InChI=1S/C15H17N5/c1-4-13-14(17-2)18-10-19-15(13)20(3)12-7-5-6-11(8-12)9-16/h5-8,10H,4H2,1-3H3,(H,17,18,19). The smallest absolute Gasteiger partial charge is 0.141 e. The molecule has 0 unspecified atom stereocenters. The van der Waals surface area contributed by atoms with Crippen LogP contribution < -0.4 is 10.2 Å². The van der Waals surface area contributed by atoms with E-state index in [1.165, 1.54) is 0 Å². The first-order chi connectivity index (χ1) is 9.71. The van der Waals surface area contributed by atoms with Crippen LogP contribution in [0.1, 0.15) is 18.1 Å². The van der Waals surface area contributed by atoms with Crippen LogP contribution in [0.15, 0.2) is 30.6 Å². The van der Waals surface area contributed by atoms with Gasteiger partial charge in [0.2, 0.25) is 0 Å². The van der Waals surface area contributed by atoms with Crippen molar-refractivity contribution in [3.05, 3.63) is 41.7 Å². The van der Waals surface area contributed by atoms with Crippen LogP contribution in [0.25, 0.3) is 0 Å². The summed E-state index contributed by atoms with van der Waals surface area (Å²) in [6.45, 7) is 2.07. The highest BCUT2D eigenvalue weighted by atomic mass is 15.2. The summed E-state index contributed by atoms with van der Waals surface area (Å²) in [5.41, 5.74) is 2.62. The first-order valence-corrected chi connectivity index (χ1v) is 6.46. The van der Waals surface area contributed by atoms with Crippen molar-refractivity contribution in [2.75, 3.05) is 24.3 Å². The van der Waals surface area contributed by atoms with Crippen LogP contribution in [0.2, 0.25) is 0 Å². The number of nitrogens with one attached hydrogen (secondary N) is 1. The Labute approximate surface area is 118 Å². The van der Waals surface area contributed by atoms with E-state index in [0.29, 0.717) is 5.56 Å². The van der Waals surface area contributed by atoms with E-state index in [0.717, 1.165) is 29.3 Å². The van der Waals surface area contributed by atoms with E-state index >= 15 is 0 Å². The minimum absolute atomic E-state index is 0.635. The van der Waals surface area contributed by atoms with Crippen molar-refractivity contribution < 1.29 is 0 Å². The number of anilines is 3. The van der Waals surface area contributed by atoms with Crippen LogP contribution in [-0.2, 0) is 6.42 Å². The molecular weight excluding hydrogens is 250 g/mol. The Kier molecular flexibility index (Phi) is 4.16. The summed E-state index contributed by atoms with van der Waals surface area (Å²) in [7, 11) is 3.79. The fourth-order valence-electron chi connectivity index (χ4n) is 2.14. The highest BCUT2D eigenvalue weighted by Crippen LogP contribution is 2.28. The Morgan fingerprint density at radius 1 is 1.35 bits per heavy atom. The molecule has 5 nitrogen and oxygen atoms in total. The first kappa shape index (κ1) is 13.8. The largest absolute Gasteiger partial charge is 0.373 e. The molecule has 1 heterocycles. The maximum atomic E-state index is 8.99. The molecule has 0 radical (unpaired) electrons. The van der Waals surface area contributed by atoms with Crippen molar-refractivity contribution in [2.24, 2.45) is 0 Å². The Hall–Kier alpha value is -2.61. The number of nitrogens with zero attached hydrogens (tertiary/aromatic N) is 4. The summed E-state index contributed by atoms with van der Waals surface area (Å²) in [5.74, 6) is 1.68. The lowest BCUT2D eigenvalue weighted by Crippen LogP contribution is -2.15. The van der Waals surface area contributed by atoms with Crippen LogP contribution >= 0.6 is 0 Å². The van der Waals surface area contributed by atoms with Gasteiger partial charge >= 0.3 is 0 Å². The van der Waals surface area contributed by atoms with Gasteiger partial charge in [-0.3, -0.25) is 0 Å². The zero-order valence-corrected chi connectivity index (χ0v) is 11.9. The van der Waals surface area contributed by atoms with Gasteiger partial charge in [0.15, 0.2) is 0 Å². The summed E-state index contributed by atoms with van der Waals surface area (Å²) < 4.78 is 0. The van der Waals surface area contributed by atoms with Gasteiger partial charge in [-0.25, -0.2) is 9.97 Å². The van der Waals surface area contributed by atoms with Crippen LogP contribution in [0.4, 0.5) is 17.3 Å². The second-order valence-corrected chi connectivity index (χ2v) is 4.35. The number of benzene rings is 1. The molecule has 1 aromatic heterocycles. The quantitative estimate of drug-likeness (QED) is 0.922. The van der Waals surface area contributed by atoms with E-state index in [1.807, 2.05) is 37.2 Å². The summed E-state index contributed by atoms with van der Waals surface area (Å²) in [6.07, 6.45) is 2.37. The van der Waals surface area contributed by atoms with Crippen LogP contribution in [0.5, 0.6) is 0 Å². The van der Waals surface area contributed by atoms with Crippen molar-refractivity contribution in [1.29, 1.82) is 5.26 Å². The average molecular weight is 267 g/mol. The van der Waals surface area contributed by atoms with Crippen molar-refractivity contribution in [2.45, 2.75) is 13.3 Å². The van der Waals surface area contributed by atoms with Gasteiger partial charge in [0.25, 0.3) is 0 Å². The third-order valence-corrected chi connectivity index (χ3v) is 3.19. The number of hydrogen-bond donors (Lipinski definition) is 1. The molecule has 0 saturated carbocycles. The number of nitriles is 1. The van der Waals surface area contributed by atoms with Crippen LogP contribution in [-0.4, -0.2) is 24.1 Å². The van der Waals surface area contributed by atoms with Crippen LogP contribution in [0.3, 0.4) is 0 Å². The van der Waals surface area contributed by atoms with Gasteiger partial charge in [-0.15, -0.1) is 0 Å². The zero-order chi connectivity index (χ0) is 14.5. The van der Waals surface area contributed by atoms with Gasteiger partial charge in [-0.05, 0) is 24.6 Å². The summed E-state index contributed by atoms with van der Waals surface area (Å²) in [5, 5.41) is 12.1. The predicted octanol–water partition coefficient (Wildman–Crippen LogP) is 2.72. The summed E-state index contributed by atoms with van der Waals surface area (Å²) >= 11 is 0. The van der Waals surface area contributed by atoms with Gasteiger partial charge in [-0.2, -0.15) is 5.26 Å². The molecule has 0 fully saturated rings. The zero-order valence-electron chi connectivity index (χ0n) is 11.9. The fraction of sp³-hybridized carbons (Fsp3) is 0.267. The van der Waals surface area contributed by atoms with E-state index in [4.69, 9.17) is 5.26 Å². The summed E-state index contributed by atoms with van der Waals surface area (Å²) in [6, 6.07) is 9.62. The highest BCUT2D eigenvalue weighted by molar-refractivity contribution is 5.67. The molecule has 0 amide bonds. The molecule has 5 heteroatoms. The van der Waals surface area contributed by atoms with Gasteiger partial charge in [0.1, 0.15) is 18.0 Å². The van der Waals surface area contributed by atoms with Gasteiger partial charge in [0, 0.05) is 25.3 Å². The maximum absolute atomic E-state index is 8.99. The lowest BCUT2D eigenvalue weighted by molar-refractivity contribution is 1.00. The van der Waals surface area contributed by atoms with Crippen molar-refractivity contribution in [3.63, 3.8) is 0 Å². The Balaban J connectivity index is 2.47. The molecule has 0 spiro atoms. The van der Waals surface area contributed by atoms with E-state index in [-0.39, 0.29) is 0 Å². The molecule has 2 aromatic rings.